The Morgan fingerprint density at radius 3 is 1.36 bits per heavy atom. The normalized spacial score (nSPS) is 13.4. The molecule has 70 heavy (non-hydrogen) atoms. The highest BCUT2D eigenvalue weighted by Gasteiger charge is 2.26. The molecule has 0 bridgehead atoms. The van der Waals surface area contributed by atoms with Gasteiger partial charge in [0.05, 0.1) is 5.69 Å². The first-order valence-electron chi connectivity index (χ1n) is 25.0. The first-order chi connectivity index (χ1) is 34.6. The number of para-hydroxylation sites is 1. The minimum atomic E-state index is 0.496. The predicted molar refractivity (Wildman–Crippen MR) is 298 cm³/mol. The Kier molecular flexibility index (Phi) is 9.65. The average Bonchev–Trinajstić information content (AvgIpc) is 3.83. The second-order valence-corrected chi connectivity index (χ2v) is 19.5. The molecule has 0 spiro atoms. The number of rotatable bonds is 7. The molecule has 0 saturated heterocycles. The number of benzene rings is 12. The molecule has 2 nitrogen and oxygen atoms in total. The van der Waals surface area contributed by atoms with E-state index in [1.54, 1.807) is 0 Å². The second kappa shape index (κ2) is 16.6. The van der Waals surface area contributed by atoms with Gasteiger partial charge in [0, 0.05) is 22.1 Å². The summed E-state index contributed by atoms with van der Waals surface area (Å²) in [5, 5.41) is 14.8. The van der Waals surface area contributed by atoms with Gasteiger partial charge in [0.1, 0.15) is 5.58 Å². The van der Waals surface area contributed by atoms with Crippen LogP contribution in [0.15, 0.2) is 235 Å². The average molecular weight is 896 g/mol. The monoisotopic (exact) mass is 895 g/mol. The van der Waals surface area contributed by atoms with E-state index in [-0.39, 0.29) is 0 Å². The molecule has 0 amide bonds. The van der Waals surface area contributed by atoms with Crippen LogP contribution in [0.2, 0.25) is 0 Å². The van der Waals surface area contributed by atoms with E-state index in [0.29, 0.717) is 5.92 Å². The van der Waals surface area contributed by atoms with Gasteiger partial charge in [0.25, 0.3) is 0 Å². The van der Waals surface area contributed by atoms with Crippen LogP contribution in [-0.4, -0.2) is 0 Å². The van der Waals surface area contributed by atoms with Crippen LogP contribution >= 0.6 is 0 Å². The maximum absolute atomic E-state index is 7.33. The molecule has 2 heteroatoms. The Hall–Kier alpha value is -8.46. The summed E-state index contributed by atoms with van der Waals surface area (Å²) in [6.07, 6.45) is 6.27. The summed E-state index contributed by atoms with van der Waals surface area (Å²) in [5.41, 5.74) is 13.8. The lowest BCUT2D eigenvalue weighted by atomic mass is 9.82. The third-order valence-corrected chi connectivity index (χ3v) is 15.3. The standard InChI is InChI=1S/C68H49NO/c1-2-13-47(14-3-1)64-43-59-17-8-9-18-62(59)66-63-19-10-20-65(67(63)70-68(64)66)69(61-36-33-57-41-56(29-30-58(57)42-61)52-24-22-45-12-5-7-16-49(45)38-52)60-34-31-46(32-35-60)50-25-26-54-40-55(28-27-53(54)39-50)51-23-21-44-11-4-6-15-48(44)37-51/h4-12,15-43,47H,1-3,13-14H2. The Morgan fingerprint density at radius 1 is 0.314 bits per heavy atom. The summed E-state index contributed by atoms with van der Waals surface area (Å²) in [7, 11) is 0. The molecule has 1 aromatic heterocycles. The summed E-state index contributed by atoms with van der Waals surface area (Å²) in [6.45, 7) is 0. The van der Waals surface area contributed by atoms with Crippen molar-refractivity contribution in [2.24, 2.45) is 0 Å². The minimum absolute atomic E-state index is 0.496. The lowest BCUT2D eigenvalue weighted by Gasteiger charge is -2.26. The van der Waals surface area contributed by atoms with E-state index in [1.165, 1.54) is 130 Å². The number of hydrogen-bond donors (Lipinski definition) is 0. The Balaban J connectivity index is 0.884. The zero-order chi connectivity index (χ0) is 46.1. The maximum Gasteiger partial charge on any atom is 0.159 e. The molecular weight excluding hydrogens is 847 g/mol. The Bertz CT molecular complexity index is 4170. The summed E-state index contributed by atoms with van der Waals surface area (Å²) in [6, 6.07) is 85.3. The molecule has 1 fully saturated rings. The van der Waals surface area contributed by atoms with Gasteiger partial charge in [0.15, 0.2) is 5.58 Å². The Labute approximate surface area is 407 Å². The number of nitrogens with zero attached hydrogens (tertiary/aromatic N) is 1. The van der Waals surface area contributed by atoms with Crippen molar-refractivity contribution in [1.29, 1.82) is 0 Å². The van der Waals surface area contributed by atoms with Crippen molar-refractivity contribution in [2.45, 2.75) is 38.0 Å². The van der Waals surface area contributed by atoms with Crippen LogP contribution in [0.1, 0.15) is 43.6 Å². The van der Waals surface area contributed by atoms with Crippen LogP contribution in [-0.2, 0) is 0 Å². The van der Waals surface area contributed by atoms with Crippen molar-refractivity contribution in [3.63, 3.8) is 0 Å². The van der Waals surface area contributed by atoms with E-state index in [9.17, 15) is 0 Å². The van der Waals surface area contributed by atoms with Gasteiger partial charge in [-0.2, -0.15) is 0 Å². The SMILES string of the molecule is c1ccc2cc(-c3ccc4cc(-c5ccc(N(c6ccc7cc(-c8ccc9ccccc9c8)ccc7c6)c6cccc7c6oc6c(C8CCCCC8)cc8ccccc8c67)cc5)ccc4c3)ccc2c1. The van der Waals surface area contributed by atoms with Crippen molar-refractivity contribution < 1.29 is 4.42 Å². The molecule has 0 atom stereocenters. The molecule has 0 aliphatic heterocycles. The molecule has 1 aliphatic rings. The topological polar surface area (TPSA) is 16.4 Å². The van der Waals surface area contributed by atoms with Crippen LogP contribution in [0.4, 0.5) is 17.1 Å². The van der Waals surface area contributed by atoms with Gasteiger partial charge < -0.3 is 9.32 Å². The van der Waals surface area contributed by atoms with E-state index < -0.39 is 0 Å². The Morgan fingerprint density at radius 2 is 0.757 bits per heavy atom. The van der Waals surface area contributed by atoms with Crippen molar-refractivity contribution in [3.8, 4) is 33.4 Å². The van der Waals surface area contributed by atoms with E-state index in [1.807, 2.05) is 0 Å². The van der Waals surface area contributed by atoms with Gasteiger partial charge in [0.2, 0.25) is 0 Å². The van der Waals surface area contributed by atoms with Crippen molar-refractivity contribution in [3.05, 3.63) is 236 Å². The van der Waals surface area contributed by atoms with Gasteiger partial charge >= 0.3 is 0 Å². The maximum atomic E-state index is 7.33. The molecule has 0 N–H and O–H groups in total. The van der Waals surface area contributed by atoms with Crippen molar-refractivity contribution >= 4 is 92.9 Å². The molecule has 12 aromatic carbocycles. The smallest absolute Gasteiger partial charge is 0.159 e. The van der Waals surface area contributed by atoms with E-state index in [0.717, 1.165) is 33.6 Å². The molecular formula is C68H49NO. The molecule has 1 aliphatic carbocycles. The lowest BCUT2D eigenvalue weighted by molar-refractivity contribution is 0.442. The predicted octanol–water partition coefficient (Wildman–Crippen LogP) is 19.9. The summed E-state index contributed by atoms with van der Waals surface area (Å²) in [5.74, 6) is 0.496. The molecule has 14 rings (SSSR count). The van der Waals surface area contributed by atoms with Gasteiger partial charge in [-0.1, -0.05) is 183 Å². The van der Waals surface area contributed by atoms with Gasteiger partial charge in [-0.25, -0.2) is 0 Å². The number of hydrogen-bond acceptors (Lipinski definition) is 2. The molecule has 1 heterocycles. The number of furan rings is 1. The fourth-order valence-corrected chi connectivity index (χ4v) is 11.7. The van der Waals surface area contributed by atoms with Gasteiger partial charge in [-0.3, -0.25) is 0 Å². The second-order valence-electron chi connectivity index (χ2n) is 19.5. The quantitative estimate of drug-likeness (QED) is 0.158. The van der Waals surface area contributed by atoms with E-state index in [4.69, 9.17) is 4.42 Å². The number of fused-ring (bicyclic) bond motifs is 9. The molecule has 1 saturated carbocycles. The summed E-state index contributed by atoms with van der Waals surface area (Å²) in [4.78, 5) is 2.41. The van der Waals surface area contributed by atoms with Crippen molar-refractivity contribution in [1.82, 2.24) is 0 Å². The van der Waals surface area contributed by atoms with Crippen molar-refractivity contribution in [2.75, 3.05) is 4.90 Å². The van der Waals surface area contributed by atoms with Crippen LogP contribution in [0.25, 0.3) is 109 Å². The molecule has 13 aromatic rings. The van der Waals surface area contributed by atoms with E-state index >= 15 is 0 Å². The largest absolute Gasteiger partial charge is 0.454 e. The minimum Gasteiger partial charge on any atom is -0.454 e. The van der Waals surface area contributed by atoms with Crippen LogP contribution in [0.3, 0.4) is 0 Å². The van der Waals surface area contributed by atoms with Gasteiger partial charge in [-0.05, 0) is 178 Å². The highest BCUT2D eigenvalue weighted by atomic mass is 16.3. The third kappa shape index (κ3) is 7.02. The van der Waals surface area contributed by atoms with Crippen LogP contribution in [0.5, 0.6) is 0 Å². The molecule has 332 valence electrons. The zero-order valence-electron chi connectivity index (χ0n) is 38.9. The summed E-state index contributed by atoms with van der Waals surface area (Å²) < 4.78 is 7.33. The zero-order valence-corrected chi connectivity index (χ0v) is 38.9. The third-order valence-electron chi connectivity index (χ3n) is 15.3. The highest BCUT2D eigenvalue weighted by molar-refractivity contribution is 6.22. The fraction of sp³-hybridized carbons (Fsp3) is 0.0882. The van der Waals surface area contributed by atoms with Crippen LogP contribution in [0, 0.1) is 0 Å². The summed E-state index contributed by atoms with van der Waals surface area (Å²) >= 11 is 0. The molecule has 0 radical (unpaired) electrons. The first kappa shape index (κ1) is 40.6. The molecule has 0 unspecified atom stereocenters. The number of anilines is 3. The highest BCUT2D eigenvalue weighted by Crippen LogP contribution is 2.48. The van der Waals surface area contributed by atoms with E-state index in [2.05, 4.69) is 235 Å². The van der Waals surface area contributed by atoms with Crippen LogP contribution < -0.4 is 4.90 Å². The van der Waals surface area contributed by atoms with Gasteiger partial charge in [-0.15, -0.1) is 0 Å². The lowest BCUT2D eigenvalue weighted by Crippen LogP contribution is -2.10. The fourth-order valence-electron chi connectivity index (χ4n) is 11.7. The first-order valence-corrected chi connectivity index (χ1v) is 25.0.